The van der Waals surface area contributed by atoms with E-state index in [-0.39, 0.29) is 17.4 Å². The van der Waals surface area contributed by atoms with Crippen molar-refractivity contribution in [2.24, 2.45) is 11.8 Å². The Balaban J connectivity index is 1.54. The Morgan fingerprint density at radius 2 is 1.89 bits per heavy atom. The van der Waals surface area contributed by atoms with Gasteiger partial charge >= 0.3 is 0 Å². The van der Waals surface area contributed by atoms with Crippen LogP contribution in [-0.2, 0) is 10.2 Å². The average molecular weight is 402 g/mol. The maximum absolute atomic E-state index is 12.3. The van der Waals surface area contributed by atoms with Gasteiger partial charge in [-0.15, -0.1) is 10.2 Å². The van der Waals surface area contributed by atoms with Crippen LogP contribution in [0.1, 0.15) is 59.4 Å². The van der Waals surface area contributed by atoms with Gasteiger partial charge < -0.3 is 9.73 Å². The lowest BCUT2D eigenvalue weighted by atomic mass is 9.78. The first-order chi connectivity index (χ1) is 13.2. The summed E-state index contributed by atoms with van der Waals surface area (Å²) in [7, 11) is 0. The third kappa shape index (κ3) is 5.16. The highest BCUT2D eigenvalue weighted by Gasteiger charge is 2.28. The standard InChI is InChI=1S/C22H31N3O2S/c1-14-7-6-8-18(15(14)2)23-19(26)13-28-21-25-24-20(27-21)16-9-11-17(12-10-16)22(3,4)5/h9-12,14-15,18H,6-8,13H2,1-5H3,(H,23,26)/t14-,15-,18+/m1/s1. The minimum Gasteiger partial charge on any atom is -0.411 e. The number of benzene rings is 1. The van der Waals surface area contributed by atoms with Crippen molar-refractivity contribution in [1.82, 2.24) is 15.5 Å². The van der Waals surface area contributed by atoms with Crippen LogP contribution in [-0.4, -0.2) is 27.9 Å². The molecule has 0 aliphatic heterocycles. The van der Waals surface area contributed by atoms with E-state index >= 15 is 0 Å². The molecule has 6 heteroatoms. The van der Waals surface area contributed by atoms with E-state index in [0.717, 1.165) is 12.0 Å². The SMILES string of the molecule is C[C@@H]1[C@H](C)CCC[C@@H]1NC(=O)CSc1nnc(-c2ccc(C(C)(C)C)cc2)o1. The second-order valence-electron chi connectivity index (χ2n) is 8.93. The second kappa shape index (κ2) is 8.68. The van der Waals surface area contributed by atoms with Crippen molar-refractivity contribution in [3.63, 3.8) is 0 Å². The molecule has 1 N–H and O–H groups in total. The van der Waals surface area contributed by atoms with Crippen molar-refractivity contribution in [1.29, 1.82) is 0 Å². The molecule has 1 aliphatic rings. The molecule has 1 aliphatic carbocycles. The molecule has 0 radical (unpaired) electrons. The molecule has 5 nitrogen and oxygen atoms in total. The zero-order valence-corrected chi connectivity index (χ0v) is 18.3. The molecular formula is C22H31N3O2S. The Bertz CT molecular complexity index is 795. The largest absolute Gasteiger partial charge is 0.411 e. The van der Waals surface area contributed by atoms with Crippen LogP contribution in [0, 0.1) is 11.8 Å². The number of carbonyl (C=O) groups excluding carboxylic acids is 1. The molecule has 1 fully saturated rings. The summed E-state index contributed by atoms with van der Waals surface area (Å²) in [6.07, 6.45) is 3.51. The van der Waals surface area contributed by atoms with Crippen LogP contribution >= 0.6 is 11.8 Å². The number of nitrogens with one attached hydrogen (secondary N) is 1. The molecule has 0 unspecified atom stereocenters. The third-order valence-corrected chi connectivity index (χ3v) is 6.60. The van der Waals surface area contributed by atoms with Crippen LogP contribution in [0.25, 0.3) is 11.5 Å². The lowest BCUT2D eigenvalue weighted by Crippen LogP contribution is -2.44. The Morgan fingerprint density at radius 1 is 1.18 bits per heavy atom. The van der Waals surface area contributed by atoms with Crippen LogP contribution in [0.3, 0.4) is 0 Å². The van der Waals surface area contributed by atoms with Gasteiger partial charge in [0.25, 0.3) is 5.22 Å². The maximum Gasteiger partial charge on any atom is 0.277 e. The minimum absolute atomic E-state index is 0.0326. The van der Waals surface area contributed by atoms with Gasteiger partial charge in [0, 0.05) is 11.6 Å². The number of nitrogens with zero attached hydrogens (tertiary/aromatic N) is 2. The third-order valence-electron chi connectivity index (χ3n) is 5.78. The molecule has 1 heterocycles. The highest BCUT2D eigenvalue weighted by atomic mass is 32.2. The molecule has 1 amide bonds. The summed E-state index contributed by atoms with van der Waals surface area (Å²) in [6, 6.07) is 8.46. The summed E-state index contributed by atoms with van der Waals surface area (Å²) in [5, 5.41) is 11.8. The molecule has 1 saturated carbocycles. The topological polar surface area (TPSA) is 68.0 Å². The Kier molecular flexibility index (Phi) is 6.48. The molecule has 1 aromatic carbocycles. The van der Waals surface area contributed by atoms with Crippen LogP contribution in [0.4, 0.5) is 0 Å². The number of carbonyl (C=O) groups is 1. The summed E-state index contributed by atoms with van der Waals surface area (Å²) in [4.78, 5) is 12.3. The maximum atomic E-state index is 12.3. The van der Waals surface area contributed by atoms with E-state index < -0.39 is 0 Å². The highest BCUT2D eigenvalue weighted by Crippen LogP contribution is 2.30. The number of aromatic nitrogens is 2. The first-order valence-corrected chi connectivity index (χ1v) is 11.1. The van der Waals surface area contributed by atoms with Crippen LogP contribution in [0.5, 0.6) is 0 Å². The van der Waals surface area contributed by atoms with Crippen molar-refractivity contribution in [3.05, 3.63) is 29.8 Å². The fraction of sp³-hybridized carbons (Fsp3) is 0.591. The van der Waals surface area contributed by atoms with E-state index in [9.17, 15) is 4.79 Å². The molecule has 0 bridgehead atoms. The molecule has 28 heavy (non-hydrogen) atoms. The number of hydrogen-bond acceptors (Lipinski definition) is 5. The van der Waals surface area contributed by atoms with Crippen molar-refractivity contribution >= 4 is 17.7 Å². The Labute approximate surface area is 172 Å². The second-order valence-corrected chi connectivity index (χ2v) is 9.86. The van der Waals surface area contributed by atoms with Crippen LogP contribution < -0.4 is 5.32 Å². The smallest absolute Gasteiger partial charge is 0.277 e. The molecule has 3 atom stereocenters. The summed E-state index contributed by atoms with van der Waals surface area (Å²) < 4.78 is 5.73. The zero-order valence-electron chi connectivity index (χ0n) is 17.5. The quantitative estimate of drug-likeness (QED) is 0.709. The molecule has 0 spiro atoms. The number of hydrogen-bond donors (Lipinski definition) is 1. The van der Waals surface area contributed by atoms with E-state index in [4.69, 9.17) is 4.42 Å². The lowest BCUT2D eigenvalue weighted by Gasteiger charge is -2.34. The van der Waals surface area contributed by atoms with Crippen molar-refractivity contribution < 1.29 is 9.21 Å². The summed E-state index contributed by atoms with van der Waals surface area (Å²) in [5.41, 5.74) is 2.25. The number of rotatable bonds is 5. The van der Waals surface area contributed by atoms with Crippen molar-refractivity contribution in [3.8, 4) is 11.5 Å². The number of amides is 1. The van der Waals surface area contributed by atoms with Crippen LogP contribution in [0.2, 0.25) is 0 Å². The molecule has 152 valence electrons. The predicted molar refractivity (Wildman–Crippen MR) is 113 cm³/mol. The van der Waals surface area contributed by atoms with Gasteiger partial charge in [-0.3, -0.25) is 4.79 Å². The first kappa shape index (κ1) is 20.9. The summed E-state index contributed by atoms with van der Waals surface area (Å²) in [6.45, 7) is 11.1. The fourth-order valence-corrected chi connectivity index (χ4v) is 4.23. The van der Waals surface area contributed by atoms with E-state index in [2.05, 4.69) is 62.3 Å². The van der Waals surface area contributed by atoms with Gasteiger partial charge in [-0.05, 0) is 41.4 Å². The summed E-state index contributed by atoms with van der Waals surface area (Å²) in [5.74, 6) is 1.99. The van der Waals surface area contributed by atoms with E-state index in [1.165, 1.54) is 30.2 Å². The Hall–Kier alpha value is -1.82. The van der Waals surface area contributed by atoms with Crippen LogP contribution in [0.15, 0.2) is 33.9 Å². The van der Waals surface area contributed by atoms with E-state index in [0.29, 0.717) is 28.7 Å². The Morgan fingerprint density at radius 3 is 2.57 bits per heavy atom. The summed E-state index contributed by atoms with van der Waals surface area (Å²) >= 11 is 1.29. The van der Waals surface area contributed by atoms with Crippen molar-refractivity contribution in [2.45, 2.75) is 70.6 Å². The molecule has 3 rings (SSSR count). The van der Waals surface area contributed by atoms with Crippen molar-refractivity contribution in [2.75, 3.05) is 5.75 Å². The first-order valence-electron chi connectivity index (χ1n) is 10.1. The molecule has 2 aromatic rings. The number of thioether (sulfide) groups is 1. The molecule has 1 aromatic heterocycles. The monoisotopic (exact) mass is 401 g/mol. The fourth-order valence-electron chi connectivity index (χ4n) is 3.66. The van der Waals surface area contributed by atoms with Gasteiger partial charge in [-0.2, -0.15) is 0 Å². The molecule has 0 saturated heterocycles. The predicted octanol–water partition coefficient (Wildman–Crippen LogP) is 5.07. The minimum atomic E-state index is 0.0326. The zero-order chi connectivity index (χ0) is 20.3. The van der Waals surface area contributed by atoms with Gasteiger partial charge in [0.15, 0.2) is 0 Å². The van der Waals surface area contributed by atoms with E-state index in [1.54, 1.807) is 0 Å². The average Bonchev–Trinajstić information content (AvgIpc) is 3.12. The van der Waals surface area contributed by atoms with Gasteiger partial charge in [0.1, 0.15) is 0 Å². The highest BCUT2D eigenvalue weighted by molar-refractivity contribution is 7.99. The van der Waals surface area contributed by atoms with E-state index in [1.807, 2.05) is 12.1 Å². The van der Waals surface area contributed by atoms with Gasteiger partial charge in [0.05, 0.1) is 5.75 Å². The van der Waals surface area contributed by atoms with Gasteiger partial charge in [0.2, 0.25) is 11.8 Å². The normalized spacial score (nSPS) is 22.8. The van der Waals surface area contributed by atoms with Gasteiger partial charge in [-0.1, -0.05) is 71.4 Å². The molecular weight excluding hydrogens is 370 g/mol. The lowest BCUT2D eigenvalue weighted by molar-refractivity contribution is -0.120. The van der Waals surface area contributed by atoms with Gasteiger partial charge in [-0.25, -0.2) is 0 Å².